The maximum Gasteiger partial charge on any atom is 0.516 e. The van der Waals surface area contributed by atoms with Crippen molar-refractivity contribution in [1.29, 1.82) is 0 Å². The molecule has 1 aromatic rings. The summed E-state index contributed by atoms with van der Waals surface area (Å²) in [7, 11) is 3.84. The molecule has 0 saturated carbocycles. The van der Waals surface area contributed by atoms with E-state index < -0.39 is 12.4 Å². The molecule has 96 valence electrons. The molecule has 0 aliphatic heterocycles. The van der Waals surface area contributed by atoms with Crippen molar-refractivity contribution in [2.24, 2.45) is 0 Å². The van der Waals surface area contributed by atoms with E-state index in [1.807, 2.05) is 0 Å². The first-order valence-corrected chi connectivity index (χ1v) is 4.87. The van der Waals surface area contributed by atoms with Gasteiger partial charge in [0.25, 0.3) is 0 Å². The van der Waals surface area contributed by atoms with Crippen LogP contribution < -0.4 is 14.9 Å². The van der Waals surface area contributed by atoms with Crippen molar-refractivity contribution in [3.63, 3.8) is 0 Å². The lowest BCUT2D eigenvalue weighted by Gasteiger charge is -2.22. The minimum Gasteiger partial charge on any atom is -0.500 e. The molecule has 0 radical (unpaired) electrons. The molecule has 0 atom stereocenters. The van der Waals surface area contributed by atoms with Crippen LogP contribution in [0.25, 0.3) is 0 Å². The number of methoxy groups -OCH3 is 3. The highest BCUT2D eigenvalue weighted by Crippen LogP contribution is 2.27. The monoisotopic (exact) mass is 249 g/mol. The Morgan fingerprint density at radius 2 is 1.47 bits per heavy atom. The van der Waals surface area contributed by atoms with E-state index >= 15 is 0 Å². The molecule has 0 unspecified atom stereocenters. The molecule has 0 spiro atoms. The van der Waals surface area contributed by atoms with Gasteiger partial charge in [-0.3, -0.25) is 0 Å². The molecule has 0 amide bonds. The molecule has 0 aliphatic rings. The summed E-state index contributed by atoms with van der Waals surface area (Å²) in [4.78, 5) is 0. The maximum absolute atomic E-state index is 12.9. The van der Waals surface area contributed by atoms with E-state index in [1.165, 1.54) is 33.5 Å². The van der Waals surface area contributed by atoms with Gasteiger partial charge >= 0.3 is 6.98 Å². The maximum atomic E-state index is 12.9. The number of ether oxygens (including phenoxy) is 3. The third-order valence-corrected chi connectivity index (χ3v) is 2.24. The second kappa shape index (κ2) is 5.31. The summed E-state index contributed by atoms with van der Waals surface area (Å²) < 4.78 is 53.0. The minimum absolute atomic E-state index is 0.192. The van der Waals surface area contributed by atoms with Gasteiger partial charge in [-0.2, -0.15) is 0 Å². The molecule has 17 heavy (non-hydrogen) atoms. The van der Waals surface area contributed by atoms with Gasteiger partial charge in [0, 0.05) is 7.11 Å². The van der Waals surface area contributed by atoms with Crippen LogP contribution in [-0.2, 0) is 11.3 Å². The van der Waals surface area contributed by atoms with Crippen LogP contribution in [0.15, 0.2) is 12.1 Å². The lowest BCUT2D eigenvalue weighted by atomic mass is 9.78. The Hall–Kier alpha value is -1.37. The van der Waals surface area contributed by atoms with Gasteiger partial charge in [-0.25, -0.2) is 0 Å². The van der Waals surface area contributed by atoms with Crippen LogP contribution in [0.2, 0.25) is 0 Å². The summed E-state index contributed by atoms with van der Waals surface area (Å²) in [5, 5.41) is 0. The largest absolute Gasteiger partial charge is 0.516 e. The zero-order valence-electron chi connectivity index (χ0n) is 9.80. The smallest absolute Gasteiger partial charge is 0.500 e. The van der Waals surface area contributed by atoms with Crippen molar-refractivity contribution in [1.82, 2.24) is 0 Å². The number of halogens is 3. The van der Waals surface area contributed by atoms with Gasteiger partial charge in [-0.1, -0.05) is 0 Å². The van der Waals surface area contributed by atoms with Crippen molar-refractivity contribution in [3.8, 4) is 11.5 Å². The van der Waals surface area contributed by atoms with Crippen LogP contribution in [0.5, 0.6) is 11.5 Å². The highest BCUT2D eigenvalue weighted by Gasteiger charge is 2.33. The molecule has 7 heteroatoms. The van der Waals surface area contributed by atoms with Crippen LogP contribution in [0, 0.1) is 0 Å². The molecule has 3 nitrogen and oxygen atoms in total. The van der Waals surface area contributed by atoms with E-state index in [1.54, 1.807) is 0 Å². The minimum atomic E-state index is -5.19. The molecule has 0 heterocycles. The van der Waals surface area contributed by atoms with Crippen molar-refractivity contribution in [3.05, 3.63) is 17.7 Å². The van der Waals surface area contributed by atoms with Crippen molar-refractivity contribution >= 4 is 12.4 Å². The normalized spacial score (nSPS) is 11.4. The number of benzene rings is 1. The van der Waals surface area contributed by atoms with Crippen LogP contribution >= 0.6 is 0 Å². The fraction of sp³-hybridized carbons (Fsp3) is 0.400. The Labute approximate surface area is 97.5 Å². The molecular formula is C10H13BF3O3-. The van der Waals surface area contributed by atoms with E-state index in [0.717, 1.165) is 0 Å². The van der Waals surface area contributed by atoms with Gasteiger partial charge in [-0.15, -0.1) is 0 Å². The third kappa shape index (κ3) is 3.06. The molecule has 0 saturated heterocycles. The number of hydrogen-bond donors (Lipinski definition) is 0. The molecule has 1 aromatic carbocycles. The second-order valence-corrected chi connectivity index (χ2v) is 3.42. The van der Waals surface area contributed by atoms with E-state index in [0.29, 0.717) is 5.56 Å². The molecule has 0 aromatic heterocycles. The lowest BCUT2D eigenvalue weighted by molar-refractivity contribution is 0.184. The Morgan fingerprint density at radius 3 is 1.76 bits per heavy atom. The molecule has 0 bridgehead atoms. The van der Waals surface area contributed by atoms with Gasteiger partial charge in [0.1, 0.15) is 0 Å². The van der Waals surface area contributed by atoms with Crippen molar-refractivity contribution in [2.45, 2.75) is 6.61 Å². The van der Waals surface area contributed by atoms with E-state index in [9.17, 15) is 12.9 Å². The van der Waals surface area contributed by atoms with E-state index in [-0.39, 0.29) is 18.1 Å². The summed E-state index contributed by atoms with van der Waals surface area (Å²) in [6, 6.07) is 2.60. The number of hydrogen-bond acceptors (Lipinski definition) is 3. The fourth-order valence-electron chi connectivity index (χ4n) is 1.57. The van der Waals surface area contributed by atoms with Crippen molar-refractivity contribution < 1.29 is 27.2 Å². The van der Waals surface area contributed by atoms with Crippen LogP contribution in [0.3, 0.4) is 0 Å². The predicted octanol–water partition coefficient (Wildman–Crippen LogP) is 1.90. The van der Waals surface area contributed by atoms with Crippen molar-refractivity contribution in [2.75, 3.05) is 21.3 Å². The number of rotatable bonds is 5. The standard InChI is InChI=1S/C10H13BF3O3/c1-15-6-7-4-8(16-2)10(11(12,13)14)9(5-7)17-3/h4-5H,6H2,1-3H3/q-1. The lowest BCUT2D eigenvalue weighted by Crippen LogP contribution is -2.36. The third-order valence-electron chi connectivity index (χ3n) is 2.24. The van der Waals surface area contributed by atoms with Crippen LogP contribution in [-0.4, -0.2) is 28.3 Å². The van der Waals surface area contributed by atoms with Gasteiger partial charge in [0.15, 0.2) is 0 Å². The molecule has 0 aliphatic carbocycles. The summed E-state index contributed by atoms with van der Waals surface area (Å²) >= 11 is 0. The van der Waals surface area contributed by atoms with Gasteiger partial charge in [-0.05, 0) is 23.2 Å². The Bertz CT molecular complexity index is 368. The van der Waals surface area contributed by atoms with Crippen LogP contribution in [0.1, 0.15) is 5.56 Å². The molecule has 0 N–H and O–H groups in total. The second-order valence-electron chi connectivity index (χ2n) is 3.42. The quantitative estimate of drug-likeness (QED) is 0.746. The Kier molecular flexibility index (Phi) is 4.28. The molecular weight excluding hydrogens is 236 g/mol. The zero-order valence-corrected chi connectivity index (χ0v) is 9.80. The first-order chi connectivity index (χ1) is 7.93. The summed E-state index contributed by atoms with van der Waals surface area (Å²) in [5.74, 6) is -0.493. The summed E-state index contributed by atoms with van der Waals surface area (Å²) in [6.45, 7) is -5.00. The summed E-state index contributed by atoms with van der Waals surface area (Å²) in [6.07, 6.45) is 0. The average Bonchev–Trinajstić information content (AvgIpc) is 2.26. The highest BCUT2D eigenvalue weighted by atomic mass is 19.4. The topological polar surface area (TPSA) is 27.7 Å². The van der Waals surface area contributed by atoms with Gasteiger partial charge in [0.2, 0.25) is 0 Å². The SMILES string of the molecule is COCc1cc(OC)c([B-](F)(F)F)c(OC)c1. The first kappa shape index (κ1) is 13.7. The van der Waals surface area contributed by atoms with Gasteiger partial charge in [0.05, 0.1) is 32.3 Å². The zero-order chi connectivity index (χ0) is 13.1. The summed E-state index contributed by atoms with van der Waals surface area (Å²) in [5.41, 5.74) is -0.292. The van der Waals surface area contributed by atoms with E-state index in [2.05, 4.69) is 0 Å². The van der Waals surface area contributed by atoms with Crippen LogP contribution in [0.4, 0.5) is 12.9 Å². The van der Waals surface area contributed by atoms with E-state index in [4.69, 9.17) is 14.2 Å². The Balaban J connectivity index is 3.36. The highest BCUT2D eigenvalue weighted by molar-refractivity contribution is 6.75. The molecule has 1 rings (SSSR count). The average molecular weight is 249 g/mol. The first-order valence-electron chi connectivity index (χ1n) is 4.87. The van der Waals surface area contributed by atoms with Gasteiger partial charge < -0.3 is 27.2 Å². The molecule has 0 fully saturated rings. The fourth-order valence-corrected chi connectivity index (χ4v) is 1.57. The Morgan fingerprint density at radius 1 is 1.00 bits per heavy atom. The predicted molar refractivity (Wildman–Crippen MR) is 59.0 cm³/mol.